The fraction of sp³-hybridized carbons (Fsp3) is 0.458. The zero-order valence-corrected chi connectivity index (χ0v) is 18.8. The van der Waals surface area contributed by atoms with Crippen LogP contribution in [0.2, 0.25) is 0 Å². The number of ether oxygens (including phenoxy) is 1. The van der Waals surface area contributed by atoms with Crippen LogP contribution in [0.3, 0.4) is 0 Å². The largest absolute Gasteiger partial charge is 0.444 e. The first-order chi connectivity index (χ1) is 14.7. The summed E-state index contributed by atoms with van der Waals surface area (Å²) < 4.78 is 9.30. The smallest absolute Gasteiger partial charge is 0.410 e. The van der Waals surface area contributed by atoms with Crippen molar-refractivity contribution >= 4 is 22.6 Å². The highest BCUT2D eigenvalue weighted by Gasteiger charge is 2.40. The summed E-state index contributed by atoms with van der Waals surface area (Å²) in [6.07, 6.45) is 8.86. The van der Waals surface area contributed by atoms with E-state index in [1.807, 2.05) is 56.0 Å². The number of allylic oxidation sites excluding steroid dienone is 1. The lowest BCUT2D eigenvalue weighted by Crippen LogP contribution is -2.35. The summed E-state index contributed by atoms with van der Waals surface area (Å²) >= 11 is 0. The van der Waals surface area contributed by atoms with E-state index in [-0.39, 0.29) is 6.09 Å². The molecular weight excluding hydrogens is 390 g/mol. The van der Waals surface area contributed by atoms with Gasteiger partial charge in [-0.25, -0.2) is 9.48 Å². The highest BCUT2D eigenvalue weighted by atomic mass is 16.6. The third-order valence-electron chi connectivity index (χ3n) is 6.24. The van der Waals surface area contributed by atoms with Crippen molar-refractivity contribution in [3.63, 3.8) is 0 Å². The van der Waals surface area contributed by atoms with Gasteiger partial charge in [0, 0.05) is 25.5 Å². The quantitative estimate of drug-likeness (QED) is 0.620. The van der Waals surface area contributed by atoms with Gasteiger partial charge in [-0.15, -0.1) is 0 Å². The lowest BCUT2D eigenvalue weighted by Gasteiger charge is -2.24. The Labute approximate surface area is 182 Å². The second kappa shape index (κ2) is 6.97. The van der Waals surface area contributed by atoms with Gasteiger partial charge < -0.3 is 9.64 Å². The van der Waals surface area contributed by atoms with E-state index in [0.29, 0.717) is 11.8 Å². The molecule has 0 radical (unpaired) electrons. The maximum atomic E-state index is 12.5. The number of carbonyl (C=O) groups is 1. The summed E-state index contributed by atoms with van der Waals surface area (Å²) in [5, 5.41) is 10.00. The summed E-state index contributed by atoms with van der Waals surface area (Å²) in [4.78, 5) is 14.3. The van der Waals surface area contributed by atoms with Crippen LogP contribution in [0.4, 0.5) is 4.79 Å². The lowest BCUT2D eigenvalue weighted by atomic mass is 9.95. The molecule has 1 aliphatic heterocycles. The van der Waals surface area contributed by atoms with Crippen molar-refractivity contribution in [3.8, 4) is 5.69 Å². The maximum absolute atomic E-state index is 12.5. The molecular formula is C24H29N5O2. The van der Waals surface area contributed by atoms with E-state index in [0.717, 1.165) is 36.1 Å². The van der Waals surface area contributed by atoms with E-state index in [4.69, 9.17) is 4.74 Å². The number of aryl methyl sites for hydroxylation is 2. The van der Waals surface area contributed by atoms with Gasteiger partial charge in [-0.1, -0.05) is 6.08 Å². The number of carbonyl (C=O) groups excluding carboxylic acids is 1. The standard InChI is InChI=1S/C24H29N5O2/c1-15-6-17-10-26-29(20-11-25-27(5)14-20)22(17)9-21(15)16-7-18-12-28(13-19(18)8-16)23(30)31-24(2,3)4/h6-7,9-11,14,18-19H,8,12-13H2,1-5H3/t18-,19?/m1/s1. The lowest BCUT2D eigenvalue weighted by molar-refractivity contribution is 0.0285. The fourth-order valence-electron chi connectivity index (χ4n) is 4.84. The molecule has 3 aromatic rings. The van der Waals surface area contributed by atoms with Crippen LogP contribution in [0.1, 0.15) is 38.3 Å². The molecule has 2 aliphatic rings. The highest BCUT2D eigenvalue weighted by Crippen LogP contribution is 2.42. The molecule has 3 heterocycles. The van der Waals surface area contributed by atoms with Gasteiger partial charge in [-0.3, -0.25) is 4.68 Å². The Morgan fingerprint density at radius 3 is 2.65 bits per heavy atom. The molecule has 2 aromatic heterocycles. The second-order valence-electron chi connectivity index (χ2n) is 9.86. The normalized spacial score (nSPS) is 20.9. The first-order valence-corrected chi connectivity index (χ1v) is 10.8. The zero-order chi connectivity index (χ0) is 21.9. The van der Waals surface area contributed by atoms with Crippen LogP contribution in [-0.2, 0) is 11.8 Å². The van der Waals surface area contributed by atoms with E-state index in [1.165, 1.54) is 16.7 Å². The number of hydrogen-bond acceptors (Lipinski definition) is 4. The van der Waals surface area contributed by atoms with Gasteiger partial charge in [0.25, 0.3) is 0 Å². The average molecular weight is 420 g/mol. The fourth-order valence-corrected chi connectivity index (χ4v) is 4.84. The first-order valence-electron chi connectivity index (χ1n) is 10.8. The van der Waals surface area contributed by atoms with Crippen LogP contribution < -0.4 is 0 Å². The van der Waals surface area contributed by atoms with Crippen LogP contribution in [0.25, 0.3) is 22.2 Å². The van der Waals surface area contributed by atoms with Gasteiger partial charge in [-0.2, -0.15) is 10.2 Å². The molecule has 1 amide bonds. The molecule has 0 bridgehead atoms. The summed E-state index contributed by atoms with van der Waals surface area (Å²) in [6, 6.07) is 4.47. The minimum atomic E-state index is -0.459. The topological polar surface area (TPSA) is 65.2 Å². The predicted octanol–water partition coefficient (Wildman–Crippen LogP) is 4.34. The molecule has 7 nitrogen and oxygen atoms in total. The summed E-state index contributed by atoms with van der Waals surface area (Å²) in [6.45, 7) is 9.39. The van der Waals surface area contributed by atoms with Crippen molar-refractivity contribution < 1.29 is 9.53 Å². The molecule has 1 fully saturated rings. The molecule has 1 saturated heterocycles. The van der Waals surface area contributed by atoms with Crippen molar-refractivity contribution in [1.82, 2.24) is 24.5 Å². The Morgan fingerprint density at radius 1 is 1.16 bits per heavy atom. The van der Waals surface area contributed by atoms with Gasteiger partial charge >= 0.3 is 6.09 Å². The van der Waals surface area contributed by atoms with Crippen molar-refractivity contribution in [2.45, 2.75) is 39.7 Å². The first kappa shape index (κ1) is 19.8. The number of rotatable bonds is 2. The van der Waals surface area contributed by atoms with Crippen LogP contribution in [0.15, 0.2) is 36.8 Å². The third-order valence-corrected chi connectivity index (χ3v) is 6.24. The Hall–Kier alpha value is -3.09. The third kappa shape index (κ3) is 3.62. The van der Waals surface area contributed by atoms with E-state index in [2.05, 4.69) is 35.3 Å². The molecule has 5 rings (SSSR count). The molecule has 0 saturated carbocycles. The van der Waals surface area contributed by atoms with Crippen LogP contribution in [-0.4, -0.2) is 49.2 Å². The minimum Gasteiger partial charge on any atom is -0.444 e. The minimum absolute atomic E-state index is 0.199. The number of benzene rings is 1. The van der Waals surface area contributed by atoms with Gasteiger partial charge in [-0.05, 0) is 74.8 Å². The number of hydrogen-bond donors (Lipinski definition) is 0. The monoisotopic (exact) mass is 419 g/mol. The molecule has 31 heavy (non-hydrogen) atoms. The van der Waals surface area contributed by atoms with Gasteiger partial charge in [0.1, 0.15) is 11.3 Å². The molecule has 2 atom stereocenters. The van der Waals surface area contributed by atoms with E-state index < -0.39 is 5.60 Å². The van der Waals surface area contributed by atoms with Crippen molar-refractivity contribution in [3.05, 3.63) is 47.9 Å². The molecule has 1 aromatic carbocycles. The second-order valence-corrected chi connectivity index (χ2v) is 9.86. The Kier molecular flexibility index (Phi) is 4.46. The number of nitrogens with zero attached hydrogens (tertiary/aromatic N) is 5. The molecule has 1 unspecified atom stereocenters. The van der Waals surface area contributed by atoms with Gasteiger partial charge in [0.05, 0.1) is 24.1 Å². The number of amides is 1. The zero-order valence-electron chi connectivity index (χ0n) is 18.8. The van der Waals surface area contributed by atoms with Crippen molar-refractivity contribution in [1.29, 1.82) is 0 Å². The summed E-state index contributed by atoms with van der Waals surface area (Å²) in [5.74, 6) is 0.849. The highest BCUT2D eigenvalue weighted by molar-refractivity contribution is 5.87. The average Bonchev–Trinajstić information content (AvgIpc) is 3.41. The molecule has 0 spiro atoms. The number of likely N-dealkylation sites (tertiary alicyclic amines) is 1. The summed E-state index contributed by atoms with van der Waals surface area (Å²) in [7, 11) is 1.91. The molecule has 7 heteroatoms. The van der Waals surface area contributed by atoms with Crippen molar-refractivity contribution in [2.24, 2.45) is 18.9 Å². The van der Waals surface area contributed by atoms with E-state index in [9.17, 15) is 4.79 Å². The van der Waals surface area contributed by atoms with E-state index >= 15 is 0 Å². The van der Waals surface area contributed by atoms with Crippen LogP contribution in [0.5, 0.6) is 0 Å². The van der Waals surface area contributed by atoms with Crippen molar-refractivity contribution in [2.75, 3.05) is 13.1 Å². The van der Waals surface area contributed by atoms with Gasteiger partial charge in [0.15, 0.2) is 0 Å². The maximum Gasteiger partial charge on any atom is 0.410 e. The molecule has 1 aliphatic carbocycles. The number of fused-ring (bicyclic) bond motifs is 2. The van der Waals surface area contributed by atoms with Crippen LogP contribution in [0, 0.1) is 18.8 Å². The molecule has 0 N–H and O–H groups in total. The number of aromatic nitrogens is 4. The Bertz CT molecular complexity index is 1200. The van der Waals surface area contributed by atoms with Crippen LogP contribution >= 0.6 is 0 Å². The van der Waals surface area contributed by atoms with Gasteiger partial charge in [0.2, 0.25) is 0 Å². The summed E-state index contributed by atoms with van der Waals surface area (Å²) in [5.41, 5.74) is 5.49. The predicted molar refractivity (Wildman–Crippen MR) is 120 cm³/mol. The Balaban J connectivity index is 1.41. The SMILES string of the molecule is Cc1cc2cnn(-c3cnn(C)c3)c2cc1C1=C[C@@H]2CN(C(=O)OC(C)(C)C)CC2C1. The van der Waals surface area contributed by atoms with E-state index in [1.54, 1.807) is 4.68 Å². The Morgan fingerprint density at radius 2 is 1.97 bits per heavy atom. The molecule has 162 valence electrons.